The molecule has 1 aliphatic rings. The van der Waals surface area contributed by atoms with Gasteiger partial charge in [0, 0.05) is 25.6 Å². The fourth-order valence-electron chi connectivity index (χ4n) is 4.55. The highest BCUT2D eigenvalue weighted by molar-refractivity contribution is 7.92. The smallest absolute Gasteiger partial charge is 0.244 e. The van der Waals surface area contributed by atoms with Crippen LogP contribution in [0.4, 0.5) is 5.69 Å². The summed E-state index contributed by atoms with van der Waals surface area (Å²) in [7, 11) is -3.88. The van der Waals surface area contributed by atoms with Crippen LogP contribution in [0.15, 0.2) is 72.8 Å². The Bertz CT molecular complexity index is 1440. The lowest BCUT2D eigenvalue weighted by molar-refractivity contribution is -0.140. The van der Waals surface area contributed by atoms with Gasteiger partial charge in [-0.05, 0) is 42.2 Å². The normalized spacial score (nSPS) is 13.0. The third-order valence-corrected chi connectivity index (χ3v) is 7.89. The Hall–Kier alpha value is -4.05. The van der Waals surface area contributed by atoms with E-state index >= 15 is 0 Å². The second-order valence-corrected chi connectivity index (χ2v) is 11.7. The minimum absolute atomic E-state index is 0.0365. The molecule has 3 aromatic rings. The third-order valence-electron chi connectivity index (χ3n) is 6.75. The molecule has 0 fully saturated rings. The summed E-state index contributed by atoms with van der Waals surface area (Å²) >= 11 is 0. The highest BCUT2D eigenvalue weighted by Gasteiger charge is 2.33. The number of hydrogen-bond donors (Lipinski definition) is 1. The van der Waals surface area contributed by atoms with E-state index in [1.807, 2.05) is 68.4 Å². The Morgan fingerprint density at radius 2 is 1.68 bits per heavy atom. The minimum Gasteiger partial charge on any atom is -0.454 e. The number of nitrogens with zero attached hydrogens (tertiary/aromatic N) is 2. The molecule has 0 unspecified atom stereocenters. The standard InChI is InChI=1S/C30H35N3O6S/c1-4-16-31-30(35)26(17-23-11-6-5-7-12-23)32(19-24-13-9-8-10-22(24)2)29(34)20-33(40(3,36)37)25-14-15-27-28(18-25)39-21-38-27/h5-15,18,26H,4,16-17,19-21H2,1-3H3,(H,31,35)/t26-/m0/s1. The molecule has 0 bridgehead atoms. The van der Waals surface area contributed by atoms with Gasteiger partial charge in [0.15, 0.2) is 11.5 Å². The van der Waals surface area contributed by atoms with Gasteiger partial charge < -0.3 is 19.7 Å². The highest BCUT2D eigenvalue weighted by Crippen LogP contribution is 2.36. The van der Waals surface area contributed by atoms with E-state index in [0.717, 1.165) is 33.7 Å². The van der Waals surface area contributed by atoms with E-state index in [9.17, 15) is 18.0 Å². The molecule has 0 spiro atoms. The van der Waals surface area contributed by atoms with Crippen LogP contribution in [0.3, 0.4) is 0 Å². The van der Waals surface area contributed by atoms with Crippen LogP contribution >= 0.6 is 0 Å². The van der Waals surface area contributed by atoms with Crippen LogP contribution in [-0.2, 0) is 32.6 Å². The fourth-order valence-corrected chi connectivity index (χ4v) is 5.39. The van der Waals surface area contributed by atoms with Crippen molar-refractivity contribution < 1.29 is 27.5 Å². The van der Waals surface area contributed by atoms with Crippen molar-refractivity contribution in [3.63, 3.8) is 0 Å². The van der Waals surface area contributed by atoms with Crippen LogP contribution < -0.4 is 19.1 Å². The molecule has 2 amide bonds. The van der Waals surface area contributed by atoms with Crippen molar-refractivity contribution in [1.29, 1.82) is 0 Å². The Balaban J connectivity index is 1.72. The number of amides is 2. The Morgan fingerprint density at radius 3 is 2.38 bits per heavy atom. The molecule has 1 atom stereocenters. The van der Waals surface area contributed by atoms with E-state index in [1.165, 1.54) is 11.0 Å². The molecule has 0 radical (unpaired) electrons. The van der Waals surface area contributed by atoms with Crippen LogP contribution in [0.25, 0.3) is 0 Å². The van der Waals surface area contributed by atoms with E-state index in [1.54, 1.807) is 12.1 Å². The second kappa shape index (κ2) is 12.9. The van der Waals surface area contributed by atoms with Crippen molar-refractivity contribution in [3.05, 3.63) is 89.5 Å². The first kappa shape index (κ1) is 28.9. The van der Waals surface area contributed by atoms with Gasteiger partial charge in [-0.1, -0.05) is 61.5 Å². The van der Waals surface area contributed by atoms with Gasteiger partial charge in [-0.25, -0.2) is 8.42 Å². The predicted octanol–water partition coefficient (Wildman–Crippen LogP) is 3.66. The van der Waals surface area contributed by atoms with E-state index < -0.39 is 28.5 Å². The van der Waals surface area contributed by atoms with Crippen LogP contribution in [0.1, 0.15) is 30.0 Å². The van der Waals surface area contributed by atoms with Gasteiger partial charge in [-0.2, -0.15) is 0 Å². The molecule has 0 saturated heterocycles. The number of hydrogen-bond acceptors (Lipinski definition) is 6. The number of anilines is 1. The zero-order chi connectivity index (χ0) is 28.7. The number of ether oxygens (including phenoxy) is 2. The molecule has 1 aliphatic heterocycles. The molecule has 40 heavy (non-hydrogen) atoms. The molecule has 4 rings (SSSR count). The van der Waals surface area contributed by atoms with Gasteiger partial charge in [0.2, 0.25) is 28.6 Å². The molecule has 3 aromatic carbocycles. The maximum absolute atomic E-state index is 14.1. The van der Waals surface area contributed by atoms with E-state index in [4.69, 9.17) is 9.47 Å². The van der Waals surface area contributed by atoms with Crippen LogP contribution in [0.5, 0.6) is 11.5 Å². The van der Waals surface area contributed by atoms with Gasteiger partial charge in [0.05, 0.1) is 11.9 Å². The number of carbonyl (C=O) groups excluding carboxylic acids is 2. The van der Waals surface area contributed by atoms with Crippen molar-refractivity contribution in [1.82, 2.24) is 10.2 Å². The van der Waals surface area contributed by atoms with Crippen molar-refractivity contribution in [3.8, 4) is 11.5 Å². The first-order chi connectivity index (χ1) is 19.2. The van der Waals surface area contributed by atoms with Crippen molar-refractivity contribution in [2.24, 2.45) is 0 Å². The average molecular weight is 566 g/mol. The Labute approximate surface area is 235 Å². The first-order valence-corrected chi connectivity index (χ1v) is 15.0. The molecule has 0 saturated carbocycles. The predicted molar refractivity (Wildman–Crippen MR) is 154 cm³/mol. The molecular formula is C30H35N3O6S. The summed E-state index contributed by atoms with van der Waals surface area (Å²) in [4.78, 5) is 29.1. The van der Waals surface area contributed by atoms with Gasteiger partial charge in [0.25, 0.3) is 0 Å². The maximum atomic E-state index is 14.1. The fraction of sp³-hybridized carbons (Fsp3) is 0.333. The minimum atomic E-state index is -3.88. The number of rotatable bonds is 12. The summed E-state index contributed by atoms with van der Waals surface area (Å²) in [5.41, 5.74) is 2.98. The third kappa shape index (κ3) is 7.12. The number of benzene rings is 3. The molecule has 1 N–H and O–H groups in total. The first-order valence-electron chi connectivity index (χ1n) is 13.2. The molecule has 10 heteroatoms. The van der Waals surface area contributed by atoms with Crippen molar-refractivity contribution in [2.45, 2.75) is 39.3 Å². The molecule has 212 valence electrons. The Morgan fingerprint density at radius 1 is 0.975 bits per heavy atom. The largest absolute Gasteiger partial charge is 0.454 e. The molecular weight excluding hydrogens is 530 g/mol. The molecule has 9 nitrogen and oxygen atoms in total. The molecule has 0 aromatic heterocycles. The summed E-state index contributed by atoms with van der Waals surface area (Å²) in [6, 6.07) is 21.0. The lowest BCUT2D eigenvalue weighted by Crippen LogP contribution is -2.53. The monoisotopic (exact) mass is 565 g/mol. The van der Waals surface area contributed by atoms with E-state index in [-0.39, 0.29) is 31.4 Å². The summed E-state index contributed by atoms with van der Waals surface area (Å²) in [6.07, 6.45) is 2.06. The second-order valence-electron chi connectivity index (χ2n) is 9.75. The summed E-state index contributed by atoms with van der Waals surface area (Å²) in [5, 5.41) is 2.94. The van der Waals surface area contributed by atoms with Crippen LogP contribution in [-0.4, -0.2) is 57.3 Å². The maximum Gasteiger partial charge on any atom is 0.244 e. The van der Waals surface area contributed by atoms with E-state index in [2.05, 4.69) is 5.32 Å². The van der Waals surface area contributed by atoms with Gasteiger partial charge in [-0.3, -0.25) is 13.9 Å². The summed E-state index contributed by atoms with van der Waals surface area (Å²) in [6.45, 7) is 4.05. The number of fused-ring (bicyclic) bond motifs is 1. The topological polar surface area (TPSA) is 105 Å². The van der Waals surface area contributed by atoms with Crippen molar-refractivity contribution >= 4 is 27.5 Å². The Kier molecular flexibility index (Phi) is 9.31. The lowest BCUT2D eigenvalue weighted by Gasteiger charge is -2.34. The SMILES string of the molecule is CCCNC(=O)[C@H](Cc1ccccc1)N(Cc1ccccc1C)C(=O)CN(c1ccc2c(c1)OCO2)S(C)(=O)=O. The van der Waals surface area contributed by atoms with Gasteiger partial charge >= 0.3 is 0 Å². The van der Waals surface area contributed by atoms with Crippen LogP contribution in [0.2, 0.25) is 0 Å². The zero-order valence-electron chi connectivity index (χ0n) is 23.0. The molecule has 1 heterocycles. The number of aryl methyl sites for hydroxylation is 1. The van der Waals surface area contributed by atoms with Gasteiger partial charge in [-0.15, -0.1) is 0 Å². The lowest BCUT2D eigenvalue weighted by atomic mass is 10.0. The summed E-state index contributed by atoms with van der Waals surface area (Å²) in [5.74, 6) is 0.108. The number of sulfonamides is 1. The zero-order valence-corrected chi connectivity index (χ0v) is 23.8. The van der Waals surface area contributed by atoms with Crippen molar-refractivity contribution in [2.75, 3.05) is 30.4 Å². The number of nitrogens with one attached hydrogen (secondary N) is 1. The van der Waals surface area contributed by atoms with Crippen LogP contribution in [0, 0.1) is 6.92 Å². The van der Waals surface area contributed by atoms with E-state index in [0.29, 0.717) is 18.0 Å². The average Bonchev–Trinajstić information content (AvgIpc) is 3.41. The highest BCUT2D eigenvalue weighted by atomic mass is 32.2. The number of carbonyl (C=O) groups is 2. The van der Waals surface area contributed by atoms with Gasteiger partial charge in [0.1, 0.15) is 12.6 Å². The quantitative estimate of drug-likeness (QED) is 0.360. The molecule has 0 aliphatic carbocycles. The summed E-state index contributed by atoms with van der Waals surface area (Å²) < 4.78 is 37.7.